The molecule has 0 saturated carbocycles. The van der Waals surface area contributed by atoms with Crippen LogP contribution in [0, 0.1) is 9.39 Å². The molecule has 1 aromatic rings. The standard InChI is InChI=1S/C8H7FIN3/c1-5(12-13-11)7-3-2-6(9)4-8(7)10/h2-5H,1H3. The molecule has 0 bridgehead atoms. The van der Waals surface area contributed by atoms with E-state index in [2.05, 4.69) is 10.0 Å². The molecule has 0 N–H and O–H groups in total. The summed E-state index contributed by atoms with van der Waals surface area (Å²) < 4.78 is 13.5. The molecule has 0 aliphatic carbocycles. The van der Waals surface area contributed by atoms with Gasteiger partial charge in [0.2, 0.25) is 0 Å². The van der Waals surface area contributed by atoms with Crippen LogP contribution in [-0.2, 0) is 0 Å². The zero-order valence-electron chi connectivity index (χ0n) is 6.91. The van der Waals surface area contributed by atoms with Gasteiger partial charge < -0.3 is 0 Å². The number of hydrogen-bond acceptors (Lipinski definition) is 1. The topological polar surface area (TPSA) is 48.8 Å². The lowest BCUT2D eigenvalue weighted by Crippen LogP contribution is -1.93. The molecule has 0 aliphatic rings. The zero-order chi connectivity index (χ0) is 9.84. The quantitative estimate of drug-likeness (QED) is 0.344. The zero-order valence-corrected chi connectivity index (χ0v) is 9.06. The first kappa shape index (κ1) is 10.3. The molecule has 0 aliphatic heterocycles. The normalized spacial score (nSPS) is 11.9. The fourth-order valence-electron chi connectivity index (χ4n) is 0.980. The molecule has 0 aromatic heterocycles. The molecule has 0 amide bonds. The third-order valence-corrected chi connectivity index (χ3v) is 2.57. The third-order valence-electron chi connectivity index (χ3n) is 1.64. The van der Waals surface area contributed by atoms with Crippen molar-refractivity contribution < 1.29 is 4.39 Å². The van der Waals surface area contributed by atoms with Crippen molar-refractivity contribution in [3.05, 3.63) is 43.6 Å². The monoisotopic (exact) mass is 291 g/mol. The van der Waals surface area contributed by atoms with Gasteiger partial charge in [-0.15, -0.1) is 0 Å². The number of hydrogen-bond donors (Lipinski definition) is 0. The maximum atomic E-state index is 12.7. The first-order valence-corrected chi connectivity index (χ1v) is 4.72. The van der Waals surface area contributed by atoms with E-state index in [-0.39, 0.29) is 11.9 Å². The minimum Gasteiger partial charge on any atom is -0.207 e. The van der Waals surface area contributed by atoms with Gasteiger partial charge in [0.05, 0.1) is 6.04 Å². The van der Waals surface area contributed by atoms with Crippen molar-refractivity contribution in [1.82, 2.24) is 0 Å². The highest BCUT2D eigenvalue weighted by atomic mass is 127. The number of azide groups is 1. The van der Waals surface area contributed by atoms with Crippen molar-refractivity contribution in [2.24, 2.45) is 5.11 Å². The van der Waals surface area contributed by atoms with E-state index in [1.165, 1.54) is 12.1 Å². The van der Waals surface area contributed by atoms with Crippen molar-refractivity contribution in [2.45, 2.75) is 13.0 Å². The predicted octanol–water partition coefficient (Wildman–Crippen LogP) is 3.80. The van der Waals surface area contributed by atoms with E-state index in [0.29, 0.717) is 0 Å². The summed E-state index contributed by atoms with van der Waals surface area (Å²) in [6, 6.07) is 4.16. The van der Waals surface area contributed by atoms with Crippen LogP contribution >= 0.6 is 22.6 Å². The summed E-state index contributed by atoms with van der Waals surface area (Å²) in [4.78, 5) is 2.70. The summed E-state index contributed by atoms with van der Waals surface area (Å²) in [6.45, 7) is 1.77. The van der Waals surface area contributed by atoms with E-state index >= 15 is 0 Å². The van der Waals surface area contributed by atoms with Crippen LogP contribution in [0.5, 0.6) is 0 Å². The summed E-state index contributed by atoms with van der Waals surface area (Å²) in [5.41, 5.74) is 9.07. The van der Waals surface area contributed by atoms with Crippen LogP contribution in [0.25, 0.3) is 10.4 Å². The fraction of sp³-hybridized carbons (Fsp3) is 0.250. The van der Waals surface area contributed by atoms with E-state index in [9.17, 15) is 4.39 Å². The maximum absolute atomic E-state index is 12.7. The molecular formula is C8H7FIN3. The SMILES string of the molecule is CC(N=[N+]=[N-])c1ccc(F)cc1I. The summed E-state index contributed by atoms with van der Waals surface area (Å²) in [6.07, 6.45) is 0. The van der Waals surface area contributed by atoms with Crippen LogP contribution in [0.1, 0.15) is 18.5 Å². The molecule has 1 unspecified atom stereocenters. The predicted molar refractivity (Wildman–Crippen MR) is 56.7 cm³/mol. The number of rotatable bonds is 2. The molecule has 13 heavy (non-hydrogen) atoms. The van der Waals surface area contributed by atoms with Gasteiger partial charge in [0, 0.05) is 8.48 Å². The van der Waals surface area contributed by atoms with E-state index in [1.807, 2.05) is 22.6 Å². The Bertz CT molecular complexity index is 360. The minimum absolute atomic E-state index is 0.252. The molecule has 3 nitrogen and oxygen atoms in total. The molecule has 0 fully saturated rings. The average molecular weight is 291 g/mol. The minimum atomic E-state index is -0.277. The van der Waals surface area contributed by atoms with E-state index in [1.54, 1.807) is 13.0 Å². The maximum Gasteiger partial charge on any atom is 0.124 e. The van der Waals surface area contributed by atoms with Crippen LogP contribution in [0.15, 0.2) is 23.3 Å². The molecule has 68 valence electrons. The molecule has 5 heteroatoms. The largest absolute Gasteiger partial charge is 0.207 e. The van der Waals surface area contributed by atoms with Gasteiger partial charge in [-0.2, -0.15) is 0 Å². The first-order chi connectivity index (χ1) is 6.15. The number of nitrogens with zero attached hydrogens (tertiary/aromatic N) is 3. The first-order valence-electron chi connectivity index (χ1n) is 3.64. The summed E-state index contributed by atoms with van der Waals surface area (Å²) >= 11 is 2.02. The highest BCUT2D eigenvalue weighted by molar-refractivity contribution is 14.1. The van der Waals surface area contributed by atoms with Gasteiger partial charge in [0.25, 0.3) is 0 Å². The molecule has 0 spiro atoms. The van der Waals surface area contributed by atoms with Gasteiger partial charge in [-0.3, -0.25) is 0 Å². The lowest BCUT2D eigenvalue weighted by atomic mass is 10.1. The van der Waals surface area contributed by atoms with Crippen LogP contribution < -0.4 is 0 Å². The highest BCUT2D eigenvalue weighted by Crippen LogP contribution is 2.23. The molecular weight excluding hydrogens is 284 g/mol. The van der Waals surface area contributed by atoms with Gasteiger partial charge in [-0.25, -0.2) is 4.39 Å². The number of halogens is 2. The second-order valence-corrected chi connectivity index (χ2v) is 3.71. The summed E-state index contributed by atoms with van der Waals surface area (Å²) in [5, 5.41) is 3.54. The average Bonchev–Trinajstić information content (AvgIpc) is 2.04. The van der Waals surface area contributed by atoms with Crippen LogP contribution in [-0.4, -0.2) is 0 Å². The molecule has 1 rings (SSSR count). The van der Waals surface area contributed by atoms with Crippen molar-refractivity contribution >= 4 is 22.6 Å². The van der Waals surface area contributed by atoms with Gasteiger partial charge in [-0.05, 0) is 45.8 Å². The van der Waals surface area contributed by atoms with E-state index < -0.39 is 0 Å². The van der Waals surface area contributed by atoms with Gasteiger partial charge in [0.15, 0.2) is 0 Å². The van der Waals surface area contributed by atoms with Gasteiger partial charge in [0.1, 0.15) is 5.82 Å². The Labute approximate surface area is 88.7 Å². The number of benzene rings is 1. The Morgan fingerprint density at radius 2 is 2.31 bits per heavy atom. The van der Waals surface area contributed by atoms with Crippen LogP contribution in [0.3, 0.4) is 0 Å². The van der Waals surface area contributed by atoms with E-state index in [4.69, 9.17) is 5.53 Å². The Hall–Kier alpha value is -0.810. The lowest BCUT2D eigenvalue weighted by Gasteiger charge is -2.06. The Kier molecular flexibility index (Phi) is 3.50. The van der Waals surface area contributed by atoms with Crippen molar-refractivity contribution in [1.29, 1.82) is 0 Å². The van der Waals surface area contributed by atoms with Gasteiger partial charge >= 0.3 is 0 Å². The third kappa shape index (κ3) is 2.57. The van der Waals surface area contributed by atoms with Crippen molar-refractivity contribution in [3.63, 3.8) is 0 Å². The van der Waals surface area contributed by atoms with Crippen molar-refractivity contribution in [2.75, 3.05) is 0 Å². The van der Waals surface area contributed by atoms with Crippen LogP contribution in [0.2, 0.25) is 0 Å². The molecule has 0 saturated heterocycles. The smallest absolute Gasteiger partial charge is 0.124 e. The lowest BCUT2D eigenvalue weighted by molar-refractivity contribution is 0.624. The Morgan fingerprint density at radius 3 is 2.85 bits per heavy atom. The summed E-state index contributed by atoms with van der Waals surface area (Å²) in [5.74, 6) is -0.277. The Morgan fingerprint density at radius 1 is 1.62 bits per heavy atom. The van der Waals surface area contributed by atoms with Crippen molar-refractivity contribution in [3.8, 4) is 0 Å². The molecule has 1 aromatic carbocycles. The fourth-order valence-corrected chi connectivity index (χ4v) is 1.91. The molecule has 1 atom stereocenters. The highest BCUT2D eigenvalue weighted by Gasteiger charge is 2.07. The van der Waals surface area contributed by atoms with E-state index in [0.717, 1.165) is 9.13 Å². The molecule has 0 heterocycles. The second-order valence-electron chi connectivity index (χ2n) is 2.55. The second kappa shape index (κ2) is 4.43. The summed E-state index contributed by atoms with van der Waals surface area (Å²) in [7, 11) is 0. The Balaban J connectivity index is 3.08. The van der Waals surface area contributed by atoms with Crippen LogP contribution in [0.4, 0.5) is 4.39 Å². The van der Waals surface area contributed by atoms with Gasteiger partial charge in [-0.1, -0.05) is 18.1 Å². The molecule has 0 radical (unpaired) electrons.